The molecule has 1 aromatic carbocycles. The first-order valence-electron chi connectivity index (χ1n) is 8.96. The summed E-state index contributed by atoms with van der Waals surface area (Å²) in [5, 5.41) is 8.99. The van der Waals surface area contributed by atoms with E-state index in [1.165, 1.54) is 6.07 Å². The number of carbonyl (C=O) groups is 2. The molecular weight excluding hydrogens is 511 g/mol. The first-order valence-corrected chi connectivity index (χ1v) is 9.75. The highest BCUT2D eigenvalue weighted by atomic mass is 79.9. The molecule has 0 amide bonds. The fourth-order valence-corrected chi connectivity index (χ4v) is 3.25. The molecule has 14 heteroatoms. The van der Waals surface area contributed by atoms with Crippen LogP contribution in [0, 0.1) is 17.0 Å². The second-order valence-electron chi connectivity index (χ2n) is 6.65. The number of unbranched alkanes of at least 4 members (excludes halogenated alkanes) is 1. The lowest BCUT2D eigenvalue weighted by Gasteiger charge is -2.37. The van der Waals surface area contributed by atoms with Crippen LogP contribution in [-0.4, -0.2) is 42.2 Å². The van der Waals surface area contributed by atoms with E-state index in [-0.39, 0.29) is 37.4 Å². The minimum absolute atomic E-state index is 0.0639. The first kappa shape index (κ1) is 25.2. The number of rotatable bonds is 7. The third-order valence-corrected chi connectivity index (χ3v) is 4.75. The summed E-state index contributed by atoms with van der Waals surface area (Å²) in [6.07, 6.45) is -5.22. The van der Waals surface area contributed by atoms with Gasteiger partial charge in [-0.1, -0.05) is 15.9 Å². The van der Waals surface area contributed by atoms with Gasteiger partial charge in [-0.2, -0.15) is 18.0 Å². The Kier molecular flexibility index (Phi) is 7.93. The van der Waals surface area contributed by atoms with Gasteiger partial charge >= 0.3 is 18.3 Å². The second kappa shape index (κ2) is 10.1. The van der Waals surface area contributed by atoms with Crippen molar-refractivity contribution < 1.29 is 51.9 Å². The average molecular weight is 528 g/mol. The van der Waals surface area contributed by atoms with Crippen molar-refractivity contribution in [3.63, 3.8) is 0 Å². The van der Waals surface area contributed by atoms with Crippen LogP contribution in [-0.2, 0) is 24.1 Å². The zero-order chi connectivity index (χ0) is 24.1. The maximum absolute atomic E-state index is 13.8. The van der Waals surface area contributed by atoms with Gasteiger partial charge in [0, 0.05) is 10.0 Å². The predicted octanol–water partition coefficient (Wildman–Crippen LogP) is 4.45. The topological polar surface area (TPSA) is 123 Å². The highest BCUT2D eigenvalue weighted by molar-refractivity contribution is 9.10. The smallest absolute Gasteiger partial charge is 0.472 e. The van der Waals surface area contributed by atoms with Crippen molar-refractivity contribution in [3.05, 3.63) is 43.4 Å². The summed E-state index contributed by atoms with van der Waals surface area (Å²) in [6, 6.07) is 3.00. The van der Waals surface area contributed by atoms with Gasteiger partial charge in [0.25, 0.3) is 5.09 Å². The van der Waals surface area contributed by atoms with Gasteiger partial charge in [0.05, 0.1) is 18.8 Å². The number of aryl methyl sites for hydroxylation is 1. The molecule has 1 aliphatic rings. The van der Waals surface area contributed by atoms with E-state index in [1.807, 2.05) is 0 Å². The van der Waals surface area contributed by atoms with Gasteiger partial charge in [-0.3, -0.25) is 0 Å². The molecule has 1 aromatic rings. The molecule has 1 atom stereocenters. The minimum atomic E-state index is -5.01. The van der Waals surface area contributed by atoms with E-state index in [9.17, 15) is 32.9 Å². The predicted molar refractivity (Wildman–Crippen MR) is 103 cm³/mol. The van der Waals surface area contributed by atoms with Crippen molar-refractivity contribution in [2.45, 2.75) is 38.5 Å². The van der Waals surface area contributed by atoms with Gasteiger partial charge in [-0.15, -0.1) is 10.1 Å². The van der Waals surface area contributed by atoms with Gasteiger partial charge in [-0.05, 0) is 50.5 Å². The molecule has 1 unspecified atom stereocenters. The largest absolute Gasteiger partial charge is 0.549 e. The molecule has 0 saturated carbocycles. The molecule has 0 bridgehead atoms. The molecule has 0 radical (unpaired) electrons. The molecule has 32 heavy (non-hydrogen) atoms. The molecule has 0 aliphatic carbocycles. The lowest BCUT2D eigenvalue weighted by Crippen LogP contribution is -2.52. The van der Waals surface area contributed by atoms with Crippen LogP contribution in [0.1, 0.15) is 30.9 Å². The lowest BCUT2D eigenvalue weighted by atomic mass is 9.89. The van der Waals surface area contributed by atoms with Crippen molar-refractivity contribution in [1.82, 2.24) is 0 Å². The highest BCUT2D eigenvalue weighted by Crippen LogP contribution is 2.47. The molecular formula is C18H17BrF3NO9. The van der Waals surface area contributed by atoms with Crippen molar-refractivity contribution in [1.29, 1.82) is 0 Å². The fraction of sp³-hybridized carbons (Fsp3) is 0.444. The second-order valence-corrected chi connectivity index (χ2v) is 7.56. The average Bonchev–Trinajstić information content (AvgIpc) is 2.68. The summed E-state index contributed by atoms with van der Waals surface area (Å²) in [6.45, 7) is 1.71. The maximum Gasteiger partial charge on any atom is 0.549 e. The number of hydrogen-bond acceptors (Lipinski definition) is 9. The van der Waals surface area contributed by atoms with Crippen LogP contribution >= 0.6 is 15.9 Å². The van der Waals surface area contributed by atoms with Crippen LogP contribution < -0.4 is 4.74 Å². The summed E-state index contributed by atoms with van der Waals surface area (Å²) in [4.78, 5) is 46.2. The Morgan fingerprint density at radius 2 is 1.88 bits per heavy atom. The SMILES string of the molecule is Cc1cc(Br)cc2c1OC(C)(C(F)(F)F)C(C(=O)OOC(=O)OCCCCO[N+](=O)[O-])=C2. The van der Waals surface area contributed by atoms with E-state index in [0.29, 0.717) is 17.0 Å². The van der Waals surface area contributed by atoms with Gasteiger partial charge in [0.2, 0.25) is 5.60 Å². The van der Waals surface area contributed by atoms with Crippen LogP contribution in [0.5, 0.6) is 5.75 Å². The number of alkyl halides is 3. The molecule has 0 saturated heterocycles. The maximum atomic E-state index is 13.8. The van der Waals surface area contributed by atoms with Gasteiger partial charge in [0.15, 0.2) is 0 Å². The van der Waals surface area contributed by atoms with Crippen LogP contribution in [0.2, 0.25) is 0 Å². The van der Waals surface area contributed by atoms with E-state index in [0.717, 1.165) is 6.08 Å². The molecule has 2 rings (SSSR count). The summed E-state index contributed by atoms with van der Waals surface area (Å²) in [5.74, 6) is -1.67. The molecule has 0 fully saturated rings. The summed E-state index contributed by atoms with van der Waals surface area (Å²) in [5.41, 5.74) is -3.43. The Morgan fingerprint density at radius 3 is 2.50 bits per heavy atom. The highest BCUT2D eigenvalue weighted by Gasteiger charge is 2.60. The Balaban J connectivity index is 2.05. The van der Waals surface area contributed by atoms with Gasteiger partial charge < -0.3 is 14.3 Å². The third-order valence-electron chi connectivity index (χ3n) is 4.29. The number of carbonyl (C=O) groups excluding carboxylic acids is 2. The van der Waals surface area contributed by atoms with E-state index in [4.69, 9.17) is 4.74 Å². The van der Waals surface area contributed by atoms with Crippen molar-refractivity contribution in [2.24, 2.45) is 0 Å². The molecule has 0 spiro atoms. The third kappa shape index (κ3) is 6.02. The number of fused-ring (bicyclic) bond motifs is 1. The van der Waals surface area contributed by atoms with E-state index < -0.39 is 34.6 Å². The Bertz CT molecular complexity index is 935. The van der Waals surface area contributed by atoms with E-state index in [2.05, 4.69) is 35.3 Å². The monoisotopic (exact) mass is 527 g/mol. The van der Waals surface area contributed by atoms with Crippen molar-refractivity contribution in [2.75, 3.05) is 13.2 Å². The molecule has 1 aliphatic heterocycles. The van der Waals surface area contributed by atoms with Gasteiger partial charge in [-0.25, -0.2) is 14.6 Å². The number of benzene rings is 1. The Labute approximate surface area is 187 Å². The summed E-state index contributed by atoms with van der Waals surface area (Å²) < 4.78 is 51.6. The molecule has 176 valence electrons. The van der Waals surface area contributed by atoms with E-state index in [1.54, 1.807) is 13.0 Å². The number of nitrogens with zero attached hydrogens (tertiary/aromatic N) is 1. The quantitative estimate of drug-likeness (QED) is 0.166. The Morgan fingerprint density at radius 1 is 1.22 bits per heavy atom. The van der Waals surface area contributed by atoms with Crippen molar-refractivity contribution >= 4 is 34.1 Å². The zero-order valence-electron chi connectivity index (χ0n) is 16.7. The zero-order valence-corrected chi connectivity index (χ0v) is 18.3. The normalized spacial score (nSPS) is 17.4. The standard InChI is InChI=1S/C18H17BrF3NO9/c1-10-7-12(19)8-11-9-13(17(2,18(20,21)22)30-14(10)11)15(24)31-32-16(25)28-5-3-4-6-29-23(26)27/h7-9H,3-6H2,1-2H3. The van der Waals surface area contributed by atoms with Crippen molar-refractivity contribution in [3.8, 4) is 5.75 Å². The van der Waals surface area contributed by atoms with E-state index >= 15 is 0 Å². The first-order chi connectivity index (χ1) is 14.8. The molecule has 0 aromatic heterocycles. The number of halogens is 4. The fourth-order valence-electron chi connectivity index (χ4n) is 2.66. The number of hydrogen-bond donors (Lipinski definition) is 0. The molecule has 0 N–H and O–H groups in total. The van der Waals surface area contributed by atoms with Crippen LogP contribution in [0.15, 0.2) is 22.2 Å². The lowest BCUT2D eigenvalue weighted by molar-refractivity contribution is -0.757. The summed E-state index contributed by atoms with van der Waals surface area (Å²) in [7, 11) is 0. The minimum Gasteiger partial charge on any atom is -0.472 e. The summed E-state index contributed by atoms with van der Waals surface area (Å²) >= 11 is 3.21. The van der Waals surface area contributed by atoms with Crippen LogP contribution in [0.25, 0.3) is 6.08 Å². The van der Waals surface area contributed by atoms with Crippen LogP contribution in [0.3, 0.4) is 0 Å². The molecule has 1 heterocycles. The number of ether oxygens (including phenoxy) is 2. The van der Waals surface area contributed by atoms with Crippen LogP contribution in [0.4, 0.5) is 18.0 Å². The Hall–Kier alpha value is -3.03. The molecule has 10 nitrogen and oxygen atoms in total. The van der Waals surface area contributed by atoms with Gasteiger partial charge in [0.1, 0.15) is 5.75 Å².